The van der Waals surface area contributed by atoms with Gasteiger partial charge in [0.05, 0.1) is 5.56 Å². The predicted octanol–water partition coefficient (Wildman–Crippen LogP) is 1.50. The van der Waals surface area contributed by atoms with E-state index < -0.39 is 36.4 Å². The highest BCUT2D eigenvalue weighted by molar-refractivity contribution is 9.11. The van der Waals surface area contributed by atoms with E-state index in [2.05, 4.69) is 20.9 Å². The number of H-pyrrole nitrogens is 1. The van der Waals surface area contributed by atoms with Crippen LogP contribution in [0.5, 0.6) is 0 Å². The van der Waals surface area contributed by atoms with Crippen molar-refractivity contribution < 1.29 is 13.5 Å². The van der Waals surface area contributed by atoms with Gasteiger partial charge in [-0.3, -0.25) is 14.3 Å². The van der Waals surface area contributed by atoms with Gasteiger partial charge in [0, 0.05) is 12.6 Å². The lowest BCUT2D eigenvalue weighted by molar-refractivity contribution is -0.0209. The molecule has 2 rings (SSSR count). The minimum absolute atomic E-state index is 0.127. The first-order valence-corrected chi connectivity index (χ1v) is 6.46. The third-order valence-electron chi connectivity index (χ3n) is 2.86. The summed E-state index contributed by atoms with van der Waals surface area (Å²) in [7, 11) is 0. The molecule has 19 heavy (non-hydrogen) atoms. The molecule has 1 aromatic rings. The van der Waals surface area contributed by atoms with Crippen molar-refractivity contribution in [1.29, 1.82) is 0 Å². The second kappa shape index (κ2) is 5.79. The van der Waals surface area contributed by atoms with Crippen molar-refractivity contribution >= 4 is 22.0 Å². The molecule has 0 spiro atoms. The van der Waals surface area contributed by atoms with E-state index in [9.17, 15) is 18.4 Å². The van der Waals surface area contributed by atoms with Gasteiger partial charge in [0.1, 0.15) is 25.2 Å². The van der Waals surface area contributed by atoms with Gasteiger partial charge in [-0.25, -0.2) is 13.6 Å². The Labute approximate surface area is 115 Å². The van der Waals surface area contributed by atoms with Crippen LogP contribution in [-0.4, -0.2) is 28.5 Å². The largest absolute Gasteiger partial charge is 0.349 e. The molecule has 1 unspecified atom stereocenters. The van der Waals surface area contributed by atoms with Crippen molar-refractivity contribution in [1.82, 2.24) is 9.55 Å². The van der Waals surface area contributed by atoms with Gasteiger partial charge in [-0.2, -0.15) is 0 Å². The number of ether oxygens (including phenoxy) is 1. The van der Waals surface area contributed by atoms with Crippen LogP contribution in [0.3, 0.4) is 0 Å². The molecule has 1 aliphatic rings. The fourth-order valence-electron chi connectivity index (χ4n) is 1.90. The molecule has 1 saturated heterocycles. The highest BCUT2D eigenvalue weighted by atomic mass is 79.9. The number of halogens is 3. The van der Waals surface area contributed by atoms with Crippen LogP contribution in [-0.2, 0) is 4.74 Å². The van der Waals surface area contributed by atoms with E-state index in [0.29, 0.717) is 0 Å². The van der Waals surface area contributed by atoms with Crippen LogP contribution in [0.1, 0.15) is 18.2 Å². The highest BCUT2D eigenvalue weighted by Crippen LogP contribution is 2.30. The SMILES string of the molecule is O=c1[nH]c(=O)n([C@@H]2CC(F)[C@H](CF)O2)cc1/C=C/Br. The number of nitrogens with zero attached hydrogens (tertiary/aromatic N) is 1. The number of nitrogens with one attached hydrogen (secondary N) is 1. The Morgan fingerprint density at radius 2 is 2.32 bits per heavy atom. The molecule has 0 aliphatic carbocycles. The molecule has 0 bridgehead atoms. The van der Waals surface area contributed by atoms with Crippen molar-refractivity contribution in [2.45, 2.75) is 24.9 Å². The van der Waals surface area contributed by atoms with Crippen molar-refractivity contribution in [3.8, 4) is 0 Å². The molecular formula is C11H11BrF2N2O3. The van der Waals surface area contributed by atoms with Crippen molar-refractivity contribution in [3.05, 3.63) is 37.6 Å². The smallest absolute Gasteiger partial charge is 0.330 e. The lowest BCUT2D eigenvalue weighted by Gasteiger charge is -2.14. The van der Waals surface area contributed by atoms with Crippen molar-refractivity contribution in [3.63, 3.8) is 0 Å². The molecule has 0 saturated carbocycles. The van der Waals surface area contributed by atoms with E-state index in [1.54, 1.807) is 0 Å². The van der Waals surface area contributed by atoms with Crippen molar-refractivity contribution in [2.75, 3.05) is 6.67 Å². The summed E-state index contributed by atoms with van der Waals surface area (Å²) in [5, 5.41) is 0. The zero-order valence-electron chi connectivity index (χ0n) is 9.68. The maximum absolute atomic E-state index is 13.4. The molecule has 0 aromatic carbocycles. The summed E-state index contributed by atoms with van der Waals surface area (Å²) in [6.45, 7) is -0.954. The molecule has 1 aliphatic heterocycles. The van der Waals surface area contributed by atoms with Crippen LogP contribution in [0.25, 0.3) is 6.08 Å². The molecule has 0 radical (unpaired) electrons. The van der Waals surface area contributed by atoms with Crippen LogP contribution < -0.4 is 11.2 Å². The monoisotopic (exact) mass is 336 g/mol. The number of aromatic nitrogens is 2. The van der Waals surface area contributed by atoms with Crippen LogP contribution in [0, 0.1) is 0 Å². The second-order valence-electron chi connectivity index (χ2n) is 4.08. The number of alkyl halides is 2. The van der Waals surface area contributed by atoms with Gasteiger partial charge in [0.15, 0.2) is 0 Å². The van der Waals surface area contributed by atoms with Gasteiger partial charge in [-0.15, -0.1) is 0 Å². The van der Waals surface area contributed by atoms with Crippen LogP contribution in [0.2, 0.25) is 0 Å². The summed E-state index contributed by atoms with van der Waals surface area (Å²) in [6, 6.07) is 0. The molecule has 104 valence electrons. The molecule has 0 amide bonds. The van der Waals surface area contributed by atoms with Crippen molar-refractivity contribution in [2.24, 2.45) is 0 Å². The first-order chi connectivity index (χ1) is 9.06. The minimum Gasteiger partial charge on any atom is -0.349 e. The zero-order chi connectivity index (χ0) is 14.0. The number of aromatic amines is 1. The van der Waals surface area contributed by atoms with E-state index in [0.717, 1.165) is 4.57 Å². The first-order valence-electron chi connectivity index (χ1n) is 5.54. The second-order valence-corrected chi connectivity index (χ2v) is 4.61. The normalized spacial score (nSPS) is 27.2. The maximum atomic E-state index is 13.4. The van der Waals surface area contributed by atoms with Gasteiger partial charge in [-0.1, -0.05) is 15.9 Å². The molecule has 5 nitrogen and oxygen atoms in total. The topological polar surface area (TPSA) is 64.1 Å². The number of hydrogen-bond acceptors (Lipinski definition) is 3. The third-order valence-corrected chi connectivity index (χ3v) is 3.13. The lowest BCUT2D eigenvalue weighted by Crippen LogP contribution is -2.33. The molecule has 2 heterocycles. The van der Waals surface area contributed by atoms with E-state index >= 15 is 0 Å². The fourth-order valence-corrected chi connectivity index (χ4v) is 2.19. The summed E-state index contributed by atoms with van der Waals surface area (Å²) in [5.41, 5.74) is -1.07. The van der Waals surface area contributed by atoms with Crippen LogP contribution >= 0.6 is 15.9 Å². The quantitative estimate of drug-likeness (QED) is 0.909. The van der Waals surface area contributed by atoms with Crippen LogP contribution in [0.15, 0.2) is 20.8 Å². The predicted molar refractivity (Wildman–Crippen MR) is 68.7 cm³/mol. The van der Waals surface area contributed by atoms with E-state index in [1.165, 1.54) is 17.3 Å². The minimum atomic E-state index is -1.47. The molecule has 1 fully saturated rings. The van der Waals surface area contributed by atoms with E-state index in [1.807, 2.05) is 0 Å². The molecular weight excluding hydrogens is 326 g/mol. The maximum Gasteiger partial charge on any atom is 0.330 e. The third kappa shape index (κ3) is 2.84. The first kappa shape index (κ1) is 14.1. The van der Waals surface area contributed by atoms with Gasteiger partial charge in [0.25, 0.3) is 5.56 Å². The Morgan fingerprint density at radius 1 is 1.58 bits per heavy atom. The Balaban J connectivity index is 2.38. The van der Waals surface area contributed by atoms with E-state index in [4.69, 9.17) is 4.74 Å². The Morgan fingerprint density at radius 3 is 2.89 bits per heavy atom. The van der Waals surface area contributed by atoms with E-state index in [-0.39, 0.29) is 12.0 Å². The molecule has 3 atom stereocenters. The Hall–Kier alpha value is -1.28. The van der Waals surface area contributed by atoms with Gasteiger partial charge in [0.2, 0.25) is 0 Å². The molecule has 1 aromatic heterocycles. The van der Waals surface area contributed by atoms with Gasteiger partial charge < -0.3 is 4.74 Å². The van der Waals surface area contributed by atoms with Crippen LogP contribution in [0.4, 0.5) is 8.78 Å². The summed E-state index contributed by atoms with van der Waals surface area (Å²) < 4.78 is 32.1. The summed E-state index contributed by atoms with van der Waals surface area (Å²) in [5.74, 6) is 0. The van der Waals surface area contributed by atoms with Gasteiger partial charge >= 0.3 is 5.69 Å². The summed E-state index contributed by atoms with van der Waals surface area (Å²) >= 11 is 3.02. The summed E-state index contributed by atoms with van der Waals surface area (Å²) in [6.07, 6.45) is -0.983. The molecule has 8 heteroatoms. The molecule has 1 N–H and O–H groups in total. The fraction of sp³-hybridized carbons (Fsp3) is 0.455. The average Bonchev–Trinajstić information content (AvgIpc) is 2.74. The summed E-state index contributed by atoms with van der Waals surface area (Å²) in [4.78, 5) is 26.7. The lowest BCUT2D eigenvalue weighted by atomic mass is 10.2. The Kier molecular flexibility index (Phi) is 4.31. The zero-order valence-corrected chi connectivity index (χ0v) is 11.3. The average molecular weight is 337 g/mol. The Bertz CT molecular complexity index is 598. The highest BCUT2D eigenvalue weighted by Gasteiger charge is 2.36. The number of hydrogen-bond donors (Lipinski definition) is 1. The number of rotatable bonds is 3. The van der Waals surface area contributed by atoms with Gasteiger partial charge in [-0.05, 0) is 11.1 Å². The standard InChI is InChI=1S/C11H11BrF2N2O3/c12-2-1-6-5-16(11(18)15-10(6)17)9-3-7(14)8(4-13)19-9/h1-2,5,7-9H,3-4H2,(H,15,17,18)/b2-1+/t7?,8-,9-/m0/s1.